The Balaban J connectivity index is 1.85. The molecule has 0 aromatic carbocycles. The van der Waals surface area contributed by atoms with E-state index in [2.05, 4.69) is 0 Å². The maximum atomic E-state index is 11.6. The third-order valence-corrected chi connectivity index (χ3v) is 5.11. The molecule has 3 rings (SSSR count). The Labute approximate surface area is 113 Å². The van der Waals surface area contributed by atoms with E-state index >= 15 is 0 Å². The molecule has 6 heteroatoms. The summed E-state index contributed by atoms with van der Waals surface area (Å²) in [4.78, 5) is 24.2. The van der Waals surface area contributed by atoms with Crippen LogP contribution in [0.1, 0.15) is 25.7 Å². The molecule has 1 aliphatic carbocycles. The number of ether oxygens (including phenoxy) is 1. The minimum Gasteiger partial charge on any atom is -0.480 e. The average Bonchev–Trinajstić information content (AvgIpc) is 2.77. The Morgan fingerprint density at radius 3 is 2.89 bits per heavy atom. The predicted octanol–water partition coefficient (Wildman–Crippen LogP) is 0.118. The molecule has 0 amide bonds. The highest BCUT2D eigenvalue weighted by Crippen LogP contribution is 2.46. The van der Waals surface area contributed by atoms with Crippen LogP contribution in [0, 0.1) is 17.8 Å². The summed E-state index contributed by atoms with van der Waals surface area (Å²) in [5, 5.41) is 9.54. The van der Waals surface area contributed by atoms with Gasteiger partial charge in [0, 0.05) is 0 Å². The van der Waals surface area contributed by atoms with Crippen LogP contribution in [-0.2, 0) is 14.3 Å². The zero-order valence-electron chi connectivity index (χ0n) is 11.0. The van der Waals surface area contributed by atoms with Gasteiger partial charge in [-0.25, -0.2) is 0 Å². The highest BCUT2D eigenvalue weighted by Gasteiger charge is 2.53. The smallest absolute Gasteiger partial charge is 0.320 e. The van der Waals surface area contributed by atoms with Crippen molar-refractivity contribution in [1.82, 2.24) is 4.81 Å². The Morgan fingerprint density at radius 1 is 1.37 bits per heavy atom. The van der Waals surface area contributed by atoms with Gasteiger partial charge in [-0.1, -0.05) is 12.8 Å². The molecule has 5 atom stereocenters. The third kappa shape index (κ3) is 2.21. The molecule has 2 heterocycles. The van der Waals surface area contributed by atoms with Crippen LogP contribution < -0.4 is 0 Å². The number of rotatable bonds is 3. The second kappa shape index (κ2) is 5.25. The molecular formula is C13H20BNO4. The van der Waals surface area contributed by atoms with Crippen LogP contribution in [0.2, 0.25) is 0 Å². The van der Waals surface area contributed by atoms with Gasteiger partial charge < -0.3 is 19.4 Å². The Bertz CT molecular complexity index is 378. The highest BCUT2D eigenvalue weighted by molar-refractivity contribution is 6.64. The molecule has 19 heavy (non-hydrogen) atoms. The molecule has 0 aromatic rings. The fourth-order valence-electron chi connectivity index (χ4n) is 4.41. The maximum absolute atomic E-state index is 11.6. The molecule has 0 bridgehead atoms. The molecule has 2 saturated heterocycles. The summed E-state index contributed by atoms with van der Waals surface area (Å²) in [6.45, 7) is 1.34. The van der Waals surface area contributed by atoms with Gasteiger partial charge in [0.05, 0.1) is 18.9 Å². The summed E-state index contributed by atoms with van der Waals surface area (Å²) in [6, 6.07) is -0.496. The van der Waals surface area contributed by atoms with E-state index in [9.17, 15) is 14.7 Å². The minimum absolute atomic E-state index is 0.163. The molecule has 0 spiro atoms. The van der Waals surface area contributed by atoms with Crippen LogP contribution in [0.3, 0.4) is 0 Å². The molecule has 5 nitrogen and oxygen atoms in total. The quantitative estimate of drug-likeness (QED) is 0.580. The Kier molecular flexibility index (Phi) is 3.63. The number of nitrogens with zero attached hydrogens (tertiary/aromatic N) is 1. The van der Waals surface area contributed by atoms with Gasteiger partial charge in [0.2, 0.25) is 0 Å². The zero-order valence-corrected chi connectivity index (χ0v) is 11.0. The highest BCUT2D eigenvalue weighted by atomic mass is 16.5. The first kappa shape index (κ1) is 13.1. The molecule has 3 aliphatic rings. The van der Waals surface area contributed by atoms with Crippen molar-refractivity contribution in [3.8, 4) is 0 Å². The van der Waals surface area contributed by atoms with Gasteiger partial charge in [-0.05, 0) is 37.1 Å². The van der Waals surface area contributed by atoms with Crippen molar-refractivity contribution in [3.05, 3.63) is 0 Å². The number of carbonyl (C=O) groups is 2. The van der Waals surface area contributed by atoms with E-state index in [0.29, 0.717) is 19.1 Å². The van der Waals surface area contributed by atoms with Gasteiger partial charge in [0.25, 0.3) is 7.41 Å². The summed E-state index contributed by atoms with van der Waals surface area (Å²) < 4.78 is 5.94. The van der Waals surface area contributed by atoms with E-state index in [-0.39, 0.29) is 25.4 Å². The molecule has 3 fully saturated rings. The van der Waals surface area contributed by atoms with E-state index in [1.807, 2.05) is 4.81 Å². The van der Waals surface area contributed by atoms with E-state index < -0.39 is 12.0 Å². The van der Waals surface area contributed by atoms with Gasteiger partial charge in [0.1, 0.15) is 6.04 Å². The van der Waals surface area contributed by atoms with Crippen LogP contribution in [0.5, 0.6) is 0 Å². The molecule has 1 saturated carbocycles. The first-order valence-corrected chi connectivity index (χ1v) is 7.24. The zero-order chi connectivity index (χ0) is 13.4. The second-order valence-electron chi connectivity index (χ2n) is 6.06. The van der Waals surface area contributed by atoms with Crippen LogP contribution in [-0.4, -0.2) is 54.8 Å². The molecule has 0 radical (unpaired) electrons. The Morgan fingerprint density at radius 2 is 2.16 bits per heavy atom. The first-order valence-electron chi connectivity index (χ1n) is 7.24. The van der Waals surface area contributed by atoms with Crippen molar-refractivity contribution in [3.63, 3.8) is 0 Å². The largest absolute Gasteiger partial charge is 0.480 e. The number of carbonyl (C=O) groups excluding carboxylic acids is 1. The number of carboxylic acid groups (broad SMARTS) is 1. The second-order valence-corrected chi connectivity index (χ2v) is 6.06. The van der Waals surface area contributed by atoms with Gasteiger partial charge in [-0.15, -0.1) is 0 Å². The lowest BCUT2D eigenvalue weighted by molar-refractivity contribution is -0.147. The predicted molar refractivity (Wildman–Crippen MR) is 70.7 cm³/mol. The van der Waals surface area contributed by atoms with Gasteiger partial charge in [0.15, 0.2) is 0 Å². The molecule has 0 aromatic heterocycles. The van der Waals surface area contributed by atoms with Crippen molar-refractivity contribution >= 4 is 19.6 Å². The van der Waals surface area contributed by atoms with Crippen molar-refractivity contribution in [2.45, 2.75) is 37.8 Å². The van der Waals surface area contributed by atoms with Crippen LogP contribution >= 0.6 is 0 Å². The van der Waals surface area contributed by atoms with Gasteiger partial charge >= 0.3 is 5.97 Å². The van der Waals surface area contributed by atoms with Crippen molar-refractivity contribution in [2.75, 3.05) is 13.2 Å². The normalized spacial score (nSPS) is 42.2. The van der Waals surface area contributed by atoms with E-state index in [1.165, 1.54) is 12.8 Å². The third-order valence-electron chi connectivity index (χ3n) is 5.11. The summed E-state index contributed by atoms with van der Waals surface area (Å²) in [6.07, 6.45) is 5.56. The Hall–Kier alpha value is -0.875. The maximum Gasteiger partial charge on any atom is 0.320 e. The lowest BCUT2D eigenvalue weighted by Crippen LogP contribution is -2.49. The number of hydrogen-bond acceptors (Lipinski definition) is 4. The van der Waals surface area contributed by atoms with Gasteiger partial charge in [-0.3, -0.25) is 4.79 Å². The standard InChI is InChI=1S/C13H20BNO4/c16-7-14-15-5-8-6-19-10-4-2-1-3-9(10)11(8)12(15)13(17)18/h7-12,14H,1-6H2,(H,17,18)/t8-,9?,10?,11-,12+/m1/s1. The molecule has 1 N–H and O–H groups in total. The van der Waals surface area contributed by atoms with Crippen LogP contribution in [0.15, 0.2) is 0 Å². The van der Waals surface area contributed by atoms with Gasteiger partial charge in [-0.2, -0.15) is 0 Å². The molecule has 2 unspecified atom stereocenters. The summed E-state index contributed by atoms with van der Waals surface area (Å²) in [5.41, 5.74) is 0. The minimum atomic E-state index is -0.777. The molecular weight excluding hydrogens is 245 g/mol. The molecule has 104 valence electrons. The SMILES string of the molecule is O=CBN1C[C@@H]2COC3CCCCC3[C@@H]2[C@H]1C(=O)O. The van der Waals surface area contributed by atoms with Crippen LogP contribution in [0.4, 0.5) is 0 Å². The summed E-state index contributed by atoms with van der Waals surface area (Å²) in [5.74, 6) is 0.0303. The lowest BCUT2D eigenvalue weighted by atomic mass is 9.69. The summed E-state index contributed by atoms with van der Waals surface area (Å²) in [7, 11) is 0.224. The average molecular weight is 265 g/mol. The van der Waals surface area contributed by atoms with E-state index in [0.717, 1.165) is 19.0 Å². The number of hydrogen-bond donors (Lipinski definition) is 1. The lowest BCUT2D eigenvalue weighted by Gasteiger charge is -2.43. The van der Waals surface area contributed by atoms with Crippen LogP contribution in [0.25, 0.3) is 0 Å². The van der Waals surface area contributed by atoms with Crippen molar-refractivity contribution < 1.29 is 19.4 Å². The number of fused-ring (bicyclic) bond motifs is 3. The molecule has 2 aliphatic heterocycles. The van der Waals surface area contributed by atoms with Crippen molar-refractivity contribution in [2.24, 2.45) is 17.8 Å². The van der Waals surface area contributed by atoms with Crippen molar-refractivity contribution in [1.29, 1.82) is 0 Å². The number of carboxylic acids is 1. The fourth-order valence-corrected chi connectivity index (χ4v) is 4.41. The first-order chi connectivity index (χ1) is 9.22. The van der Waals surface area contributed by atoms with E-state index in [4.69, 9.17) is 4.74 Å². The monoisotopic (exact) mass is 265 g/mol. The fraction of sp³-hybridized carbons (Fsp3) is 0.846. The van der Waals surface area contributed by atoms with E-state index in [1.54, 1.807) is 0 Å². The number of aliphatic carboxylic acids is 1. The topological polar surface area (TPSA) is 66.8 Å². The summed E-state index contributed by atoms with van der Waals surface area (Å²) >= 11 is 0.